The zero-order valence-electron chi connectivity index (χ0n) is 19.6. The number of aromatic nitrogens is 2. The van der Waals surface area contributed by atoms with E-state index in [-0.39, 0.29) is 35.9 Å². The fourth-order valence-corrected chi connectivity index (χ4v) is 4.29. The first-order chi connectivity index (χ1) is 15.2. The Morgan fingerprint density at radius 3 is 2.69 bits per heavy atom. The number of hydrogen-bond acceptors (Lipinski definition) is 5. The highest BCUT2D eigenvalue weighted by atomic mass is 16.2. The SMILES string of the molecule is CCCCN(C(=O)CN1c2ccccc2CCC1C)c1c(N)n(CC(C)C)c(=O)[nH]c1=O. The molecule has 0 fully saturated rings. The highest BCUT2D eigenvalue weighted by Crippen LogP contribution is 2.30. The molecule has 1 aliphatic rings. The summed E-state index contributed by atoms with van der Waals surface area (Å²) in [6, 6.07) is 8.33. The average Bonchev–Trinajstić information content (AvgIpc) is 2.75. The summed E-state index contributed by atoms with van der Waals surface area (Å²) in [6.45, 7) is 8.94. The first kappa shape index (κ1) is 23.6. The number of anilines is 3. The molecule has 1 amide bonds. The minimum atomic E-state index is -0.621. The predicted octanol–water partition coefficient (Wildman–Crippen LogP) is 2.75. The summed E-state index contributed by atoms with van der Waals surface area (Å²) < 4.78 is 1.35. The second kappa shape index (κ2) is 10.1. The van der Waals surface area contributed by atoms with Gasteiger partial charge in [0, 0.05) is 24.8 Å². The van der Waals surface area contributed by atoms with E-state index >= 15 is 0 Å². The smallest absolute Gasteiger partial charge is 0.330 e. The third-order valence-corrected chi connectivity index (χ3v) is 6.04. The van der Waals surface area contributed by atoms with Gasteiger partial charge in [-0.05, 0) is 43.7 Å². The van der Waals surface area contributed by atoms with E-state index in [1.54, 1.807) is 0 Å². The normalized spacial score (nSPS) is 15.7. The lowest BCUT2D eigenvalue weighted by Gasteiger charge is -2.38. The Morgan fingerprint density at radius 2 is 2.00 bits per heavy atom. The molecule has 174 valence electrons. The molecule has 8 heteroatoms. The third kappa shape index (κ3) is 4.89. The molecule has 0 bridgehead atoms. The first-order valence-electron chi connectivity index (χ1n) is 11.5. The van der Waals surface area contributed by atoms with E-state index in [0.29, 0.717) is 13.1 Å². The van der Waals surface area contributed by atoms with Crippen LogP contribution >= 0.6 is 0 Å². The Bertz CT molecular complexity index is 1070. The number of H-pyrrole nitrogens is 1. The van der Waals surface area contributed by atoms with Crippen molar-refractivity contribution >= 4 is 23.1 Å². The average molecular weight is 442 g/mol. The van der Waals surface area contributed by atoms with Crippen LogP contribution < -0.4 is 26.8 Å². The summed E-state index contributed by atoms with van der Waals surface area (Å²) in [5.74, 6) is -0.00260. The molecule has 1 aromatic carbocycles. The number of aromatic amines is 1. The molecule has 3 N–H and O–H groups in total. The lowest BCUT2D eigenvalue weighted by atomic mass is 9.96. The second-order valence-electron chi connectivity index (χ2n) is 9.04. The number of aryl methyl sites for hydroxylation is 1. The number of fused-ring (bicyclic) bond motifs is 1. The number of nitrogens with two attached hydrogens (primary N) is 1. The first-order valence-corrected chi connectivity index (χ1v) is 11.5. The van der Waals surface area contributed by atoms with Gasteiger partial charge >= 0.3 is 5.69 Å². The van der Waals surface area contributed by atoms with Gasteiger partial charge in [-0.1, -0.05) is 45.4 Å². The maximum atomic E-state index is 13.6. The van der Waals surface area contributed by atoms with Crippen LogP contribution in [0.3, 0.4) is 0 Å². The van der Waals surface area contributed by atoms with Crippen molar-refractivity contribution in [2.75, 3.05) is 28.6 Å². The molecule has 2 heterocycles. The van der Waals surface area contributed by atoms with Crippen LogP contribution in [0.5, 0.6) is 0 Å². The number of nitrogens with one attached hydrogen (secondary N) is 1. The van der Waals surface area contributed by atoms with Gasteiger partial charge in [-0.15, -0.1) is 0 Å². The van der Waals surface area contributed by atoms with Crippen molar-refractivity contribution in [3.05, 3.63) is 50.7 Å². The summed E-state index contributed by atoms with van der Waals surface area (Å²) in [7, 11) is 0. The molecule has 0 saturated carbocycles. The van der Waals surface area contributed by atoms with Crippen molar-refractivity contribution in [1.29, 1.82) is 0 Å². The summed E-state index contributed by atoms with van der Waals surface area (Å²) in [5, 5.41) is 0. The van der Waals surface area contributed by atoms with Crippen LogP contribution in [0.25, 0.3) is 0 Å². The zero-order chi connectivity index (χ0) is 23.4. The van der Waals surface area contributed by atoms with Gasteiger partial charge in [0.25, 0.3) is 5.56 Å². The maximum absolute atomic E-state index is 13.6. The third-order valence-electron chi connectivity index (χ3n) is 6.04. The minimum Gasteiger partial charge on any atom is -0.383 e. The monoisotopic (exact) mass is 441 g/mol. The van der Waals surface area contributed by atoms with Crippen LogP contribution in [-0.4, -0.2) is 34.6 Å². The minimum absolute atomic E-state index is 0.0454. The quantitative estimate of drug-likeness (QED) is 0.655. The van der Waals surface area contributed by atoms with Gasteiger partial charge in [-0.2, -0.15) is 0 Å². The largest absolute Gasteiger partial charge is 0.383 e. The van der Waals surface area contributed by atoms with Crippen LogP contribution in [0.15, 0.2) is 33.9 Å². The van der Waals surface area contributed by atoms with E-state index in [0.717, 1.165) is 31.4 Å². The number of unbranched alkanes of at least 4 members (excludes halogenated alkanes) is 1. The van der Waals surface area contributed by atoms with E-state index in [1.807, 2.05) is 39.0 Å². The number of rotatable bonds is 8. The number of para-hydroxylation sites is 1. The Labute approximate surface area is 189 Å². The van der Waals surface area contributed by atoms with Crippen LogP contribution in [-0.2, 0) is 17.8 Å². The van der Waals surface area contributed by atoms with Crippen LogP contribution in [0.2, 0.25) is 0 Å². The van der Waals surface area contributed by atoms with Crippen LogP contribution in [0, 0.1) is 5.92 Å². The van der Waals surface area contributed by atoms with Crippen molar-refractivity contribution < 1.29 is 4.79 Å². The molecule has 0 radical (unpaired) electrons. The van der Waals surface area contributed by atoms with Crippen molar-refractivity contribution in [2.45, 2.75) is 66.0 Å². The lowest BCUT2D eigenvalue weighted by molar-refractivity contribution is -0.117. The highest BCUT2D eigenvalue weighted by Gasteiger charge is 2.29. The van der Waals surface area contributed by atoms with Crippen molar-refractivity contribution in [1.82, 2.24) is 9.55 Å². The van der Waals surface area contributed by atoms with Crippen molar-refractivity contribution in [3.63, 3.8) is 0 Å². The highest BCUT2D eigenvalue weighted by molar-refractivity contribution is 5.98. The van der Waals surface area contributed by atoms with Gasteiger partial charge in [0.1, 0.15) is 5.82 Å². The number of benzene rings is 1. The Morgan fingerprint density at radius 1 is 1.28 bits per heavy atom. The molecule has 1 atom stereocenters. The predicted molar refractivity (Wildman–Crippen MR) is 129 cm³/mol. The summed E-state index contributed by atoms with van der Waals surface area (Å²) in [5.41, 5.74) is 7.50. The number of hydrogen-bond donors (Lipinski definition) is 2. The second-order valence-corrected chi connectivity index (χ2v) is 9.04. The molecule has 1 aliphatic heterocycles. The Hall–Kier alpha value is -3.03. The fourth-order valence-electron chi connectivity index (χ4n) is 4.29. The number of amides is 1. The van der Waals surface area contributed by atoms with Crippen molar-refractivity contribution in [2.24, 2.45) is 5.92 Å². The number of nitrogen functional groups attached to an aromatic ring is 1. The van der Waals surface area contributed by atoms with E-state index in [4.69, 9.17) is 5.73 Å². The molecular formula is C24H35N5O3. The van der Waals surface area contributed by atoms with E-state index in [9.17, 15) is 14.4 Å². The summed E-state index contributed by atoms with van der Waals surface area (Å²) in [4.78, 5) is 44.7. The lowest BCUT2D eigenvalue weighted by Crippen LogP contribution is -2.48. The Kier molecular flexibility index (Phi) is 7.43. The van der Waals surface area contributed by atoms with E-state index in [1.165, 1.54) is 15.0 Å². The molecule has 1 unspecified atom stereocenters. The molecule has 8 nitrogen and oxygen atoms in total. The van der Waals surface area contributed by atoms with Gasteiger partial charge in [0.15, 0.2) is 5.69 Å². The number of nitrogens with zero attached hydrogens (tertiary/aromatic N) is 3. The molecule has 32 heavy (non-hydrogen) atoms. The van der Waals surface area contributed by atoms with Crippen LogP contribution in [0.4, 0.5) is 17.2 Å². The van der Waals surface area contributed by atoms with Gasteiger partial charge in [-0.3, -0.25) is 19.1 Å². The molecule has 0 spiro atoms. The van der Waals surface area contributed by atoms with E-state index < -0.39 is 11.2 Å². The number of carbonyl (C=O) groups excluding carboxylic acids is 1. The molecule has 1 aromatic heterocycles. The molecule has 0 saturated heterocycles. The van der Waals surface area contributed by atoms with Gasteiger partial charge in [0.05, 0.1) is 6.54 Å². The van der Waals surface area contributed by atoms with Gasteiger partial charge < -0.3 is 15.5 Å². The standard InChI is InChI=1S/C24H35N5O3/c1-5-6-13-27(21-22(25)29(14-16(2)3)24(32)26-23(21)31)20(30)15-28-17(4)11-12-18-9-7-8-10-19(18)28/h7-10,16-17H,5-6,11-15,25H2,1-4H3,(H,26,31,32). The Balaban J connectivity index is 2.00. The maximum Gasteiger partial charge on any atom is 0.330 e. The zero-order valence-corrected chi connectivity index (χ0v) is 19.6. The van der Waals surface area contributed by atoms with Crippen molar-refractivity contribution in [3.8, 4) is 0 Å². The van der Waals surface area contributed by atoms with Gasteiger partial charge in [-0.25, -0.2) is 4.79 Å². The number of carbonyl (C=O) groups is 1. The summed E-state index contributed by atoms with van der Waals surface area (Å²) in [6.07, 6.45) is 3.52. The molecular weight excluding hydrogens is 406 g/mol. The molecule has 3 rings (SSSR count). The van der Waals surface area contributed by atoms with E-state index in [2.05, 4.69) is 22.9 Å². The topological polar surface area (TPSA) is 104 Å². The molecule has 0 aliphatic carbocycles. The fraction of sp³-hybridized carbons (Fsp3) is 0.542. The molecule has 2 aromatic rings. The van der Waals surface area contributed by atoms with Gasteiger partial charge in [0.2, 0.25) is 5.91 Å². The van der Waals surface area contributed by atoms with Crippen LogP contribution in [0.1, 0.15) is 52.5 Å². The summed E-state index contributed by atoms with van der Waals surface area (Å²) >= 11 is 0.